The first-order valence-electron chi connectivity index (χ1n) is 21.2. The van der Waals surface area contributed by atoms with Gasteiger partial charge in [-0.25, -0.2) is 0 Å². The molecule has 0 radical (unpaired) electrons. The zero-order valence-electron chi connectivity index (χ0n) is 34.1. The summed E-state index contributed by atoms with van der Waals surface area (Å²) >= 11 is 0. The summed E-state index contributed by atoms with van der Waals surface area (Å²) in [4.78, 5) is 2.35. The maximum atomic E-state index is 2.41. The Hall–Kier alpha value is -8.20. The van der Waals surface area contributed by atoms with E-state index in [1.807, 2.05) is 0 Å². The van der Waals surface area contributed by atoms with Crippen LogP contribution in [0.15, 0.2) is 255 Å². The Bertz CT molecular complexity index is 3180. The lowest BCUT2D eigenvalue weighted by atomic mass is 10.0. The number of rotatable bonds is 9. The second kappa shape index (κ2) is 16.1. The molecular formula is C60H42N2. The SMILES string of the molecule is c1ccc(-c2ccc(N(c3ccc(-c4ccc(-n5c6ccc(-c7ccccc7)cc6c6cc(-c7ccccc7)ccc65)cc4)cc3)c3cccc(-c4ccccc4)c3)cc2)cc1. The average molecular weight is 791 g/mol. The number of anilines is 3. The third-order valence-electron chi connectivity index (χ3n) is 12.0. The second-order valence-electron chi connectivity index (χ2n) is 15.8. The second-order valence-corrected chi connectivity index (χ2v) is 15.8. The predicted molar refractivity (Wildman–Crippen MR) is 263 cm³/mol. The van der Waals surface area contributed by atoms with E-state index < -0.39 is 0 Å². The minimum Gasteiger partial charge on any atom is -0.310 e. The number of aromatic nitrogens is 1. The van der Waals surface area contributed by atoms with Gasteiger partial charge in [0.15, 0.2) is 0 Å². The van der Waals surface area contributed by atoms with Crippen molar-refractivity contribution in [3.05, 3.63) is 255 Å². The van der Waals surface area contributed by atoms with E-state index in [0.717, 1.165) is 22.7 Å². The molecule has 0 unspecified atom stereocenters. The van der Waals surface area contributed by atoms with Crippen LogP contribution in [0.4, 0.5) is 17.1 Å². The van der Waals surface area contributed by atoms with Crippen molar-refractivity contribution in [1.29, 1.82) is 0 Å². The van der Waals surface area contributed by atoms with Crippen molar-refractivity contribution in [2.24, 2.45) is 0 Å². The van der Waals surface area contributed by atoms with Gasteiger partial charge in [-0.1, -0.05) is 182 Å². The normalized spacial score (nSPS) is 11.2. The minimum absolute atomic E-state index is 1.10. The Morgan fingerprint density at radius 1 is 0.226 bits per heavy atom. The van der Waals surface area contributed by atoms with Gasteiger partial charge >= 0.3 is 0 Å². The van der Waals surface area contributed by atoms with Crippen molar-refractivity contribution in [2.45, 2.75) is 0 Å². The number of fused-ring (bicyclic) bond motifs is 3. The standard InChI is InChI=1S/C60H42N2/c1-5-14-43(15-6-1)47-24-32-53(33-25-47)61(56-23-13-22-50(40-56)44-16-7-2-8-17-44)54-34-26-48(27-35-54)49-28-36-55(37-29-49)62-59-38-30-51(45-18-9-3-10-19-45)41-57(59)58-42-52(31-39-60(58)62)46-20-11-4-12-21-46/h1-42H. The summed E-state index contributed by atoms with van der Waals surface area (Å²) in [7, 11) is 0. The molecule has 0 aliphatic carbocycles. The van der Waals surface area contributed by atoms with Crippen molar-refractivity contribution in [3.63, 3.8) is 0 Å². The van der Waals surface area contributed by atoms with Gasteiger partial charge in [0.05, 0.1) is 11.0 Å². The van der Waals surface area contributed by atoms with Crippen LogP contribution in [0.1, 0.15) is 0 Å². The Labute approximate surface area is 362 Å². The van der Waals surface area contributed by atoms with Gasteiger partial charge in [0.1, 0.15) is 0 Å². The van der Waals surface area contributed by atoms with E-state index >= 15 is 0 Å². The van der Waals surface area contributed by atoms with Crippen molar-refractivity contribution < 1.29 is 0 Å². The lowest BCUT2D eigenvalue weighted by molar-refractivity contribution is 1.18. The number of nitrogens with zero attached hydrogens (tertiary/aromatic N) is 2. The molecular weight excluding hydrogens is 749 g/mol. The zero-order valence-corrected chi connectivity index (χ0v) is 34.1. The Balaban J connectivity index is 0.953. The lowest BCUT2D eigenvalue weighted by Crippen LogP contribution is -2.10. The van der Waals surface area contributed by atoms with E-state index in [9.17, 15) is 0 Å². The molecule has 0 saturated heterocycles. The number of benzene rings is 10. The molecule has 0 spiro atoms. The number of hydrogen-bond donors (Lipinski definition) is 0. The van der Waals surface area contributed by atoms with Gasteiger partial charge in [0.25, 0.3) is 0 Å². The molecule has 2 heteroatoms. The van der Waals surface area contributed by atoms with Gasteiger partial charge in [-0.05, 0) is 128 Å². The van der Waals surface area contributed by atoms with Crippen LogP contribution in [0.5, 0.6) is 0 Å². The quantitative estimate of drug-likeness (QED) is 0.141. The van der Waals surface area contributed by atoms with Crippen LogP contribution < -0.4 is 4.90 Å². The maximum Gasteiger partial charge on any atom is 0.0541 e. The fourth-order valence-electron chi connectivity index (χ4n) is 8.86. The van der Waals surface area contributed by atoms with Crippen LogP contribution >= 0.6 is 0 Å². The molecule has 0 N–H and O–H groups in total. The molecule has 0 amide bonds. The fourth-order valence-corrected chi connectivity index (χ4v) is 8.86. The molecule has 10 aromatic carbocycles. The molecule has 0 aliphatic rings. The Kier molecular flexibility index (Phi) is 9.57. The van der Waals surface area contributed by atoms with Gasteiger partial charge in [-0.2, -0.15) is 0 Å². The summed E-state index contributed by atoms with van der Waals surface area (Å²) in [6, 6.07) is 92.0. The first-order valence-corrected chi connectivity index (χ1v) is 21.2. The molecule has 0 aliphatic heterocycles. The van der Waals surface area contributed by atoms with Gasteiger partial charge < -0.3 is 9.47 Å². The molecule has 292 valence electrons. The molecule has 1 heterocycles. The van der Waals surface area contributed by atoms with Crippen LogP contribution in [0.2, 0.25) is 0 Å². The van der Waals surface area contributed by atoms with E-state index in [1.165, 1.54) is 77.4 Å². The number of hydrogen-bond acceptors (Lipinski definition) is 1. The summed E-state index contributed by atoms with van der Waals surface area (Å²) in [5.41, 5.74) is 18.8. The van der Waals surface area contributed by atoms with Gasteiger partial charge in [0, 0.05) is 33.5 Å². The van der Waals surface area contributed by atoms with E-state index in [0.29, 0.717) is 0 Å². The van der Waals surface area contributed by atoms with Crippen molar-refractivity contribution in [2.75, 3.05) is 4.90 Å². The third-order valence-corrected chi connectivity index (χ3v) is 12.0. The lowest BCUT2D eigenvalue weighted by Gasteiger charge is -2.26. The predicted octanol–water partition coefficient (Wildman–Crippen LogP) is 16.6. The summed E-state index contributed by atoms with van der Waals surface area (Å²) in [5.74, 6) is 0. The van der Waals surface area contributed by atoms with Crippen LogP contribution in [-0.2, 0) is 0 Å². The molecule has 11 aromatic rings. The van der Waals surface area contributed by atoms with E-state index in [-0.39, 0.29) is 0 Å². The molecule has 0 fully saturated rings. The molecule has 1 aromatic heterocycles. The molecule has 0 atom stereocenters. The van der Waals surface area contributed by atoms with Crippen molar-refractivity contribution >= 4 is 38.9 Å². The molecule has 11 rings (SSSR count). The summed E-state index contributed by atoms with van der Waals surface area (Å²) in [6.45, 7) is 0. The zero-order chi connectivity index (χ0) is 41.2. The fraction of sp³-hybridized carbons (Fsp3) is 0. The van der Waals surface area contributed by atoms with Gasteiger partial charge in [0.2, 0.25) is 0 Å². The molecule has 0 bridgehead atoms. The van der Waals surface area contributed by atoms with Crippen molar-refractivity contribution in [1.82, 2.24) is 4.57 Å². The van der Waals surface area contributed by atoms with Crippen molar-refractivity contribution in [3.8, 4) is 61.3 Å². The summed E-state index contributed by atoms with van der Waals surface area (Å²) < 4.78 is 2.41. The molecule has 62 heavy (non-hydrogen) atoms. The highest BCUT2D eigenvalue weighted by Crippen LogP contribution is 2.40. The molecule has 0 saturated carbocycles. The van der Waals surface area contributed by atoms with Crippen LogP contribution in [0.3, 0.4) is 0 Å². The van der Waals surface area contributed by atoms with E-state index in [2.05, 4.69) is 264 Å². The minimum atomic E-state index is 1.10. The highest BCUT2D eigenvalue weighted by atomic mass is 15.1. The van der Waals surface area contributed by atoms with Crippen LogP contribution in [-0.4, -0.2) is 4.57 Å². The molecule has 2 nitrogen and oxygen atoms in total. The topological polar surface area (TPSA) is 8.17 Å². The van der Waals surface area contributed by atoms with Gasteiger partial charge in [-0.3, -0.25) is 0 Å². The highest BCUT2D eigenvalue weighted by Gasteiger charge is 2.17. The summed E-state index contributed by atoms with van der Waals surface area (Å²) in [6.07, 6.45) is 0. The van der Waals surface area contributed by atoms with E-state index in [1.54, 1.807) is 0 Å². The monoisotopic (exact) mass is 790 g/mol. The first kappa shape index (κ1) is 36.8. The van der Waals surface area contributed by atoms with Crippen LogP contribution in [0, 0.1) is 0 Å². The highest BCUT2D eigenvalue weighted by molar-refractivity contribution is 6.11. The first-order chi connectivity index (χ1) is 30.7. The Morgan fingerprint density at radius 2 is 0.548 bits per heavy atom. The third kappa shape index (κ3) is 7.04. The van der Waals surface area contributed by atoms with Gasteiger partial charge in [-0.15, -0.1) is 0 Å². The average Bonchev–Trinajstić information content (AvgIpc) is 3.69. The largest absolute Gasteiger partial charge is 0.310 e. The Morgan fingerprint density at radius 3 is 0.968 bits per heavy atom. The smallest absolute Gasteiger partial charge is 0.0541 e. The maximum absolute atomic E-state index is 2.41. The van der Waals surface area contributed by atoms with E-state index in [4.69, 9.17) is 0 Å². The van der Waals surface area contributed by atoms with Crippen LogP contribution in [0.25, 0.3) is 83.1 Å². The summed E-state index contributed by atoms with van der Waals surface area (Å²) in [5, 5.41) is 2.49.